The SMILES string of the molecule is CCC(c1ccc(C2OC3C(O2)C(C)P(CCP2C(C)C4OC(c5ccc(C(CC)C(C)C)cc5)OC4C2C)C3C)cc1)C(C)C. The number of ether oxygens (including phenoxy) is 4. The van der Waals surface area contributed by atoms with E-state index in [1.54, 1.807) is 0 Å². The van der Waals surface area contributed by atoms with Gasteiger partial charge in [0.2, 0.25) is 0 Å². The first kappa shape index (κ1) is 35.0. The summed E-state index contributed by atoms with van der Waals surface area (Å²) in [5.74, 6) is 2.51. The largest absolute Gasteiger partial charge is 0.342 e. The first-order chi connectivity index (χ1) is 22.0. The van der Waals surface area contributed by atoms with Gasteiger partial charge in [-0.05, 0) is 60.0 Å². The third kappa shape index (κ3) is 6.55. The molecular formula is C40H60O4P2. The zero-order chi connectivity index (χ0) is 32.9. The molecule has 4 nitrogen and oxygen atoms in total. The van der Waals surface area contributed by atoms with Gasteiger partial charge in [-0.3, -0.25) is 0 Å². The Hall–Kier alpha value is -0.860. The van der Waals surface area contributed by atoms with E-state index in [9.17, 15) is 0 Å². The lowest BCUT2D eigenvalue weighted by atomic mass is 9.86. The Morgan fingerprint density at radius 3 is 1.02 bits per heavy atom. The molecule has 2 aromatic carbocycles. The Kier molecular flexibility index (Phi) is 11.1. The van der Waals surface area contributed by atoms with Crippen molar-refractivity contribution in [2.75, 3.05) is 12.3 Å². The van der Waals surface area contributed by atoms with Crippen molar-refractivity contribution in [1.29, 1.82) is 0 Å². The molecule has 0 N–H and O–H groups in total. The minimum atomic E-state index is -0.231. The van der Waals surface area contributed by atoms with Crippen molar-refractivity contribution in [2.45, 2.75) is 154 Å². The maximum atomic E-state index is 6.68. The molecule has 6 rings (SSSR count). The topological polar surface area (TPSA) is 36.9 Å². The number of rotatable bonds is 11. The van der Waals surface area contributed by atoms with E-state index in [1.165, 1.54) is 47.4 Å². The molecule has 46 heavy (non-hydrogen) atoms. The van der Waals surface area contributed by atoms with Crippen molar-refractivity contribution in [3.8, 4) is 0 Å². The minimum absolute atomic E-state index is 0.157. The summed E-state index contributed by atoms with van der Waals surface area (Å²) in [4.78, 5) is 0. The van der Waals surface area contributed by atoms with Crippen molar-refractivity contribution < 1.29 is 18.9 Å². The van der Waals surface area contributed by atoms with Crippen molar-refractivity contribution in [1.82, 2.24) is 0 Å². The van der Waals surface area contributed by atoms with Crippen LogP contribution >= 0.6 is 15.8 Å². The van der Waals surface area contributed by atoms with E-state index in [4.69, 9.17) is 18.9 Å². The maximum absolute atomic E-state index is 6.68. The van der Waals surface area contributed by atoms with Gasteiger partial charge in [0.25, 0.3) is 0 Å². The fraction of sp³-hybridized carbons (Fsp3) is 0.700. The third-order valence-corrected chi connectivity index (χ3v) is 19.3. The van der Waals surface area contributed by atoms with Gasteiger partial charge in [-0.15, -0.1) is 0 Å². The molecule has 4 saturated heterocycles. The summed E-state index contributed by atoms with van der Waals surface area (Å²) in [7, 11) is -0.313. The molecule has 0 spiro atoms. The van der Waals surface area contributed by atoms with Gasteiger partial charge in [0.1, 0.15) is 0 Å². The van der Waals surface area contributed by atoms with Gasteiger partial charge in [0.05, 0.1) is 24.4 Å². The monoisotopic (exact) mass is 666 g/mol. The Morgan fingerprint density at radius 1 is 0.500 bits per heavy atom. The van der Waals surface area contributed by atoms with E-state index < -0.39 is 0 Å². The Bertz CT molecular complexity index is 1150. The van der Waals surface area contributed by atoms with E-state index in [0.29, 0.717) is 46.3 Å². The minimum Gasteiger partial charge on any atom is -0.342 e. The van der Waals surface area contributed by atoms with Crippen LogP contribution in [0.4, 0.5) is 0 Å². The number of hydrogen-bond donors (Lipinski definition) is 0. The summed E-state index contributed by atoms with van der Waals surface area (Å²) in [6, 6.07) is 18.2. The first-order valence-electron chi connectivity index (χ1n) is 18.4. The number of benzene rings is 2. The molecule has 254 valence electrons. The molecular weight excluding hydrogens is 606 g/mol. The molecule has 0 bridgehead atoms. The van der Waals surface area contributed by atoms with Crippen LogP contribution in [0.2, 0.25) is 0 Å². The lowest BCUT2D eigenvalue weighted by Crippen LogP contribution is -2.27. The van der Waals surface area contributed by atoms with E-state index in [0.717, 1.165) is 0 Å². The number of hydrogen-bond acceptors (Lipinski definition) is 4. The van der Waals surface area contributed by atoms with E-state index >= 15 is 0 Å². The smallest absolute Gasteiger partial charge is 0.184 e. The average molecular weight is 667 g/mol. The second kappa shape index (κ2) is 14.5. The molecule has 0 saturated carbocycles. The third-order valence-electron chi connectivity index (χ3n) is 12.1. The molecule has 10 unspecified atom stereocenters. The molecule has 4 aliphatic rings. The van der Waals surface area contributed by atoms with Crippen LogP contribution in [0, 0.1) is 11.8 Å². The van der Waals surface area contributed by atoms with Crippen molar-refractivity contribution in [3.05, 3.63) is 70.8 Å². The zero-order valence-electron chi connectivity index (χ0n) is 30.1. The van der Waals surface area contributed by atoms with Gasteiger partial charge in [0, 0.05) is 33.8 Å². The molecule has 10 atom stereocenters. The van der Waals surface area contributed by atoms with Crippen LogP contribution in [0.3, 0.4) is 0 Å². The maximum Gasteiger partial charge on any atom is 0.184 e. The zero-order valence-corrected chi connectivity index (χ0v) is 31.8. The summed E-state index contributed by atoms with van der Waals surface area (Å²) < 4.78 is 26.7. The fourth-order valence-corrected chi connectivity index (χ4v) is 16.8. The van der Waals surface area contributed by atoms with Gasteiger partial charge < -0.3 is 18.9 Å². The molecule has 0 amide bonds. The molecule has 4 heterocycles. The molecule has 0 aliphatic carbocycles. The van der Waals surface area contributed by atoms with Crippen molar-refractivity contribution >= 4 is 15.8 Å². The van der Waals surface area contributed by atoms with Gasteiger partial charge in [-0.25, -0.2) is 0 Å². The van der Waals surface area contributed by atoms with E-state index in [1.807, 2.05) is 0 Å². The van der Waals surface area contributed by atoms with Crippen LogP contribution in [0.25, 0.3) is 0 Å². The van der Waals surface area contributed by atoms with Crippen molar-refractivity contribution in [3.63, 3.8) is 0 Å². The van der Waals surface area contributed by atoms with Crippen LogP contribution < -0.4 is 0 Å². The lowest BCUT2D eigenvalue weighted by molar-refractivity contribution is -0.0706. The highest BCUT2D eigenvalue weighted by atomic mass is 31.1. The van der Waals surface area contributed by atoms with Gasteiger partial charge in [0.15, 0.2) is 12.6 Å². The van der Waals surface area contributed by atoms with Crippen LogP contribution in [0.5, 0.6) is 0 Å². The second-order valence-electron chi connectivity index (χ2n) is 15.4. The quantitative estimate of drug-likeness (QED) is 0.224. The number of fused-ring (bicyclic) bond motifs is 2. The standard InChI is InChI=1S/C40H60O4P2/c1-11-33(23(3)4)29-13-17-31(18-14-29)39-41-35-25(7)45(26(8)36(35)42-39)21-22-46-27(9)37-38(28(46)10)44-40(43-37)32-19-15-30(16-20-32)34(12-2)24(5)6/h13-20,23-28,33-40H,11-12,21-22H2,1-10H3. The fourth-order valence-electron chi connectivity index (χ4n) is 9.34. The van der Waals surface area contributed by atoms with E-state index in [-0.39, 0.29) is 52.8 Å². The molecule has 4 fully saturated rings. The highest BCUT2D eigenvalue weighted by Crippen LogP contribution is 2.65. The predicted octanol–water partition coefficient (Wildman–Crippen LogP) is 10.8. The van der Waals surface area contributed by atoms with Crippen LogP contribution in [0.1, 0.15) is 129 Å². The van der Waals surface area contributed by atoms with E-state index in [2.05, 4.69) is 118 Å². The summed E-state index contributed by atoms with van der Waals surface area (Å²) in [5.41, 5.74) is 7.45. The highest BCUT2D eigenvalue weighted by molar-refractivity contribution is 7.63. The van der Waals surface area contributed by atoms with Gasteiger partial charge >= 0.3 is 0 Å². The Balaban J connectivity index is 1.02. The van der Waals surface area contributed by atoms with Crippen LogP contribution in [-0.2, 0) is 18.9 Å². The van der Waals surface area contributed by atoms with Gasteiger partial charge in [-0.2, -0.15) is 0 Å². The lowest BCUT2D eigenvalue weighted by Gasteiger charge is -2.30. The summed E-state index contributed by atoms with van der Waals surface area (Å²) >= 11 is 0. The first-order valence-corrected chi connectivity index (χ1v) is 21.7. The summed E-state index contributed by atoms with van der Waals surface area (Å²) in [6.45, 7) is 23.6. The molecule has 6 heteroatoms. The van der Waals surface area contributed by atoms with Gasteiger partial charge in [-0.1, -0.05) is 134 Å². The normalized spacial score (nSPS) is 38.4. The van der Waals surface area contributed by atoms with Crippen LogP contribution in [0.15, 0.2) is 48.5 Å². The molecule has 2 aromatic rings. The molecule has 0 radical (unpaired) electrons. The molecule has 4 aliphatic heterocycles. The second-order valence-corrected chi connectivity index (χ2v) is 21.6. The highest BCUT2D eigenvalue weighted by Gasteiger charge is 2.56. The molecule has 0 aromatic heterocycles. The Labute approximate surface area is 282 Å². The average Bonchev–Trinajstić information content (AvgIpc) is 3.78. The van der Waals surface area contributed by atoms with Crippen molar-refractivity contribution in [2.24, 2.45) is 11.8 Å². The summed E-state index contributed by atoms with van der Waals surface area (Å²) in [6.07, 6.45) is 5.34. The Morgan fingerprint density at radius 2 is 0.783 bits per heavy atom. The van der Waals surface area contributed by atoms with Crippen LogP contribution in [-0.4, -0.2) is 59.4 Å². The predicted molar refractivity (Wildman–Crippen MR) is 195 cm³/mol. The summed E-state index contributed by atoms with van der Waals surface area (Å²) in [5, 5.41) is 0.